The average Bonchev–Trinajstić information content (AvgIpc) is 3.40. The molecule has 4 rings (SSSR count). The van der Waals surface area contributed by atoms with Crippen molar-refractivity contribution in [2.24, 2.45) is 0 Å². The molecule has 7 nitrogen and oxygen atoms in total. The van der Waals surface area contributed by atoms with Gasteiger partial charge in [-0.15, -0.1) is 0 Å². The topological polar surface area (TPSA) is 77.6 Å². The highest BCUT2D eigenvalue weighted by Crippen LogP contribution is 2.23. The zero-order valence-electron chi connectivity index (χ0n) is 18.5. The fourth-order valence-electron chi connectivity index (χ4n) is 3.69. The van der Waals surface area contributed by atoms with Gasteiger partial charge in [0.1, 0.15) is 12.7 Å². The molecule has 1 atom stereocenters. The molecule has 1 amide bonds. The molecule has 0 aliphatic rings. The Kier molecular flexibility index (Phi) is 6.10. The van der Waals surface area contributed by atoms with Crippen LogP contribution in [-0.2, 0) is 11.2 Å². The van der Waals surface area contributed by atoms with Crippen LogP contribution in [0.3, 0.4) is 0 Å². The first-order valence-corrected chi connectivity index (χ1v) is 10.8. The van der Waals surface area contributed by atoms with Crippen LogP contribution in [0, 0.1) is 20.8 Å². The average molecular weight is 449 g/mol. The number of nitrogens with zero attached hydrogens (tertiary/aromatic N) is 5. The minimum absolute atomic E-state index is 0.0504. The molecular formula is C24H25ClN6O. The summed E-state index contributed by atoms with van der Waals surface area (Å²) in [5.41, 5.74) is 6.52. The smallest absolute Gasteiger partial charge is 0.225 e. The van der Waals surface area contributed by atoms with Crippen LogP contribution in [0.2, 0.25) is 5.02 Å². The Morgan fingerprint density at radius 2 is 1.81 bits per heavy atom. The monoisotopic (exact) mass is 448 g/mol. The van der Waals surface area contributed by atoms with Crippen molar-refractivity contribution in [1.29, 1.82) is 0 Å². The summed E-state index contributed by atoms with van der Waals surface area (Å²) in [6.07, 6.45) is 3.41. The second-order valence-corrected chi connectivity index (χ2v) is 8.30. The molecule has 0 radical (unpaired) electrons. The van der Waals surface area contributed by atoms with Crippen molar-refractivity contribution in [3.63, 3.8) is 0 Å². The van der Waals surface area contributed by atoms with Crippen molar-refractivity contribution in [2.45, 2.75) is 40.2 Å². The molecule has 0 aliphatic carbocycles. The third-order valence-electron chi connectivity index (χ3n) is 5.63. The second-order valence-electron chi connectivity index (χ2n) is 7.89. The van der Waals surface area contributed by atoms with Gasteiger partial charge in [-0.1, -0.05) is 29.8 Å². The van der Waals surface area contributed by atoms with Gasteiger partial charge in [0.05, 0.1) is 29.5 Å². The first-order valence-electron chi connectivity index (χ1n) is 10.4. The normalized spacial score (nSPS) is 12.0. The standard InChI is InChI=1S/C24H25ClN6O/c1-15-5-8-21(11-23(15)25)31-18(4)22(17(3)29-31)12-24(32)28-16(2)19-6-9-20(10-7-19)30-14-26-13-27-30/h5-11,13-14,16H,12H2,1-4H3,(H,28,32). The second kappa shape index (κ2) is 8.96. The van der Waals surface area contributed by atoms with Gasteiger partial charge in [0.2, 0.25) is 5.91 Å². The van der Waals surface area contributed by atoms with E-state index < -0.39 is 0 Å². The number of hydrogen-bond donors (Lipinski definition) is 1. The molecule has 2 heterocycles. The zero-order chi connectivity index (χ0) is 22.8. The maximum atomic E-state index is 12.8. The summed E-state index contributed by atoms with van der Waals surface area (Å²) in [7, 11) is 0. The first kappa shape index (κ1) is 21.8. The lowest BCUT2D eigenvalue weighted by atomic mass is 10.1. The van der Waals surface area contributed by atoms with Gasteiger partial charge in [-0.05, 0) is 63.1 Å². The molecule has 0 spiro atoms. The quantitative estimate of drug-likeness (QED) is 0.472. The molecule has 1 unspecified atom stereocenters. The van der Waals surface area contributed by atoms with Crippen LogP contribution in [-0.4, -0.2) is 30.5 Å². The predicted octanol–water partition coefficient (Wildman–Crippen LogP) is 4.45. The van der Waals surface area contributed by atoms with E-state index in [4.69, 9.17) is 11.6 Å². The number of aromatic nitrogens is 5. The Hall–Kier alpha value is -3.45. The minimum Gasteiger partial charge on any atom is -0.349 e. The van der Waals surface area contributed by atoms with Crippen molar-refractivity contribution in [2.75, 3.05) is 0 Å². The van der Waals surface area contributed by atoms with Crippen LogP contribution >= 0.6 is 11.6 Å². The highest BCUT2D eigenvalue weighted by molar-refractivity contribution is 6.31. The fourth-order valence-corrected chi connectivity index (χ4v) is 3.86. The number of carbonyl (C=O) groups excluding carboxylic acids is 1. The van der Waals surface area contributed by atoms with Gasteiger partial charge in [0.15, 0.2) is 0 Å². The first-order chi connectivity index (χ1) is 15.3. The lowest BCUT2D eigenvalue weighted by Gasteiger charge is -2.15. The Morgan fingerprint density at radius 3 is 2.47 bits per heavy atom. The number of benzene rings is 2. The van der Waals surface area contributed by atoms with Crippen LogP contribution < -0.4 is 5.32 Å². The van der Waals surface area contributed by atoms with Gasteiger partial charge < -0.3 is 5.32 Å². The molecule has 2 aromatic carbocycles. The molecule has 0 bridgehead atoms. The van der Waals surface area contributed by atoms with Crippen molar-refractivity contribution < 1.29 is 4.79 Å². The lowest BCUT2D eigenvalue weighted by Crippen LogP contribution is -2.28. The Bertz CT molecular complexity index is 1240. The molecule has 164 valence electrons. The van der Waals surface area contributed by atoms with Crippen LogP contribution in [0.4, 0.5) is 0 Å². The number of carbonyl (C=O) groups is 1. The predicted molar refractivity (Wildman–Crippen MR) is 124 cm³/mol. The van der Waals surface area contributed by atoms with Crippen molar-refractivity contribution >= 4 is 17.5 Å². The number of amides is 1. The summed E-state index contributed by atoms with van der Waals surface area (Å²) in [4.78, 5) is 16.8. The number of halogens is 1. The van der Waals surface area contributed by atoms with E-state index in [-0.39, 0.29) is 18.4 Å². The molecule has 0 aliphatic heterocycles. The Labute approximate surface area is 192 Å². The summed E-state index contributed by atoms with van der Waals surface area (Å²) in [5, 5.41) is 12.5. The molecule has 8 heteroatoms. The molecule has 4 aromatic rings. The third-order valence-corrected chi connectivity index (χ3v) is 6.04. The Balaban J connectivity index is 1.46. The number of nitrogens with one attached hydrogen (secondary N) is 1. The molecule has 0 fully saturated rings. The fraction of sp³-hybridized carbons (Fsp3) is 0.250. The minimum atomic E-state index is -0.126. The third kappa shape index (κ3) is 4.43. The zero-order valence-corrected chi connectivity index (χ0v) is 19.3. The number of rotatable bonds is 6. The Morgan fingerprint density at radius 1 is 1.09 bits per heavy atom. The summed E-state index contributed by atoms with van der Waals surface area (Å²) < 4.78 is 3.53. The molecular weight excluding hydrogens is 424 g/mol. The van der Waals surface area contributed by atoms with Crippen LogP contribution in [0.15, 0.2) is 55.1 Å². The van der Waals surface area contributed by atoms with E-state index in [0.29, 0.717) is 5.02 Å². The molecule has 0 saturated heterocycles. The SMILES string of the molecule is Cc1ccc(-n2nc(C)c(CC(=O)NC(C)c3ccc(-n4cncn4)cc3)c2C)cc1Cl. The van der Waals surface area contributed by atoms with Gasteiger partial charge in [-0.25, -0.2) is 14.3 Å². The van der Waals surface area contributed by atoms with E-state index >= 15 is 0 Å². The molecule has 32 heavy (non-hydrogen) atoms. The summed E-state index contributed by atoms with van der Waals surface area (Å²) in [6.45, 7) is 7.84. The number of aryl methyl sites for hydroxylation is 2. The van der Waals surface area contributed by atoms with Crippen LogP contribution in [0.25, 0.3) is 11.4 Å². The van der Waals surface area contributed by atoms with Gasteiger partial charge >= 0.3 is 0 Å². The van der Waals surface area contributed by atoms with Gasteiger partial charge in [-0.3, -0.25) is 4.79 Å². The van der Waals surface area contributed by atoms with E-state index in [1.165, 1.54) is 6.33 Å². The molecule has 2 aromatic heterocycles. The van der Waals surface area contributed by atoms with E-state index in [0.717, 1.165) is 39.5 Å². The molecule has 1 N–H and O–H groups in total. The van der Waals surface area contributed by atoms with E-state index in [2.05, 4.69) is 20.5 Å². The van der Waals surface area contributed by atoms with Gasteiger partial charge in [-0.2, -0.15) is 10.2 Å². The maximum Gasteiger partial charge on any atom is 0.225 e. The van der Waals surface area contributed by atoms with Crippen molar-refractivity contribution in [3.8, 4) is 11.4 Å². The molecule has 0 saturated carbocycles. The van der Waals surface area contributed by atoms with E-state index in [9.17, 15) is 4.79 Å². The summed E-state index contributed by atoms with van der Waals surface area (Å²) in [5.74, 6) is -0.0504. The lowest BCUT2D eigenvalue weighted by molar-refractivity contribution is -0.121. The van der Waals surface area contributed by atoms with E-state index in [1.54, 1.807) is 11.0 Å². The summed E-state index contributed by atoms with van der Waals surface area (Å²) >= 11 is 6.29. The maximum absolute atomic E-state index is 12.8. The van der Waals surface area contributed by atoms with Crippen LogP contribution in [0.5, 0.6) is 0 Å². The van der Waals surface area contributed by atoms with Crippen LogP contribution in [0.1, 0.15) is 41.0 Å². The highest BCUT2D eigenvalue weighted by Gasteiger charge is 2.18. The largest absolute Gasteiger partial charge is 0.349 e. The van der Waals surface area contributed by atoms with Gasteiger partial charge in [0.25, 0.3) is 0 Å². The summed E-state index contributed by atoms with van der Waals surface area (Å²) in [6, 6.07) is 13.6. The highest BCUT2D eigenvalue weighted by atomic mass is 35.5. The number of hydrogen-bond acceptors (Lipinski definition) is 4. The van der Waals surface area contributed by atoms with E-state index in [1.807, 2.05) is 74.8 Å². The van der Waals surface area contributed by atoms with Gasteiger partial charge in [0, 0.05) is 16.3 Å². The van der Waals surface area contributed by atoms with Crippen molar-refractivity contribution in [3.05, 3.63) is 88.2 Å². The van der Waals surface area contributed by atoms with Crippen molar-refractivity contribution in [1.82, 2.24) is 29.9 Å².